The zero-order valence-electron chi connectivity index (χ0n) is 14.2. The van der Waals surface area contributed by atoms with E-state index in [0.29, 0.717) is 16.7 Å². The predicted octanol–water partition coefficient (Wildman–Crippen LogP) is 3.35. The standard InChI is InChI=1S/C20H19N3O2/c1-12-11-15(9-10-17(12)22-19(24)14-7-8-14)23-13(2)21-18-6-4-3-5-16(18)20(23)25/h3-6,9-11,14H,7-8H2,1-2H3,(H,22,24). The fraction of sp³-hybridized carbons (Fsp3) is 0.250. The van der Waals surface area contributed by atoms with Crippen molar-refractivity contribution < 1.29 is 4.79 Å². The van der Waals surface area contributed by atoms with Gasteiger partial charge in [0.25, 0.3) is 5.56 Å². The second kappa shape index (κ2) is 5.84. The van der Waals surface area contributed by atoms with Crippen molar-refractivity contribution in [3.05, 3.63) is 64.2 Å². The molecule has 3 aromatic rings. The van der Waals surface area contributed by atoms with Crippen molar-refractivity contribution in [2.45, 2.75) is 26.7 Å². The van der Waals surface area contributed by atoms with E-state index in [0.717, 1.165) is 29.8 Å². The van der Waals surface area contributed by atoms with Gasteiger partial charge in [-0.1, -0.05) is 12.1 Å². The molecule has 5 heteroatoms. The van der Waals surface area contributed by atoms with Crippen LogP contribution in [0.5, 0.6) is 0 Å². The number of aromatic nitrogens is 2. The maximum absolute atomic E-state index is 12.9. The number of benzene rings is 2. The van der Waals surface area contributed by atoms with E-state index in [-0.39, 0.29) is 17.4 Å². The Morgan fingerprint density at radius 1 is 1.16 bits per heavy atom. The highest BCUT2D eigenvalue weighted by atomic mass is 16.2. The minimum atomic E-state index is -0.0859. The summed E-state index contributed by atoms with van der Waals surface area (Å²) in [6.45, 7) is 3.76. The van der Waals surface area contributed by atoms with Crippen LogP contribution in [0.1, 0.15) is 24.2 Å². The molecule has 0 unspecified atom stereocenters. The molecule has 1 amide bonds. The lowest BCUT2D eigenvalue weighted by Gasteiger charge is -2.14. The molecule has 1 saturated carbocycles. The Bertz CT molecular complexity index is 1050. The van der Waals surface area contributed by atoms with Crippen molar-refractivity contribution in [3.8, 4) is 5.69 Å². The second-order valence-corrected chi connectivity index (χ2v) is 6.58. The molecule has 1 N–H and O–H groups in total. The molecule has 0 atom stereocenters. The first kappa shape index (κ1) is 15.6. The number of nitrogens with zero attached hydrogens (tertiary/aromatic N) is 2. The van der Waals surface area contributed by atoms with Gasteiger partial charge in [0.1, 0.15) is 5.82 Å². The molecule has 1 fully saturated rings. The molecule has 126 valence electrons. The molecular weight excluding hydrogens is 314 g/mol. The number of aryl methyl sites for hydroxylation is 2. The molecule has 25 heavy (non-hydrogen) atoms. The number of anilines is 1. The number of para-hydroxylation sites is 1. The molecule has 4 rings (SSSR count). The molecule has 5 nitrogen and oxygen atoms in total. The van der Waals surface area contributed by atoms with E-state index < -0.39 is 0 Å². The Hall–Kier alpha value is -2.95. The number of carbonyl (C=O) groups is 1. The highest BCUT2D eigenvalue weighted by Gasteiger charge is 2.29. The third-order valence-corrected chi connectivity index (χ3v) is 4.62. The molecule has 0 aliphatic heterocycles. The van der Waals surface area contributed by atoms with Crippen LogP contribution in [0.3, 0.4) is 0 Å². The van der Waals surface area contributed by atoms with Crippen LogP contribution < -0.4 is 10.9 Å². The number of fused-ring (bicyclic) bond motifs is 1. The summed E-state index contributed by atoms with van der Waals surface area (Å²) in [6, 6.07) is 13.0. The van der Waals surface area contributed by atoms with Crippen LogP contribution in [0.2, 0.25) is 0 Å². The molecule has 1 aromatic heterocycles. The van der Waals surface area contributed by atoms with Crippen molar-refractivity contribution in [1.82, 2.24) is 9.55 Å². The second-order valence-electron chi connectivity index (χ2n) is 6.58. The third kappa shape index (κ3) is 2.82. The zero-order chi connectivity index (χ0) is 17.6. The topological polar surface area (TPSA) is 64.0 Å². The van der Waals surface area contributed by atoms with Gasteiger partial charge < -0.3 is 5.32 Å². The Kier molecular flexibility index (Phi) is 3.64. The lowest BCUT2D eigenvalue weighted by molar-refractivity contribution is -0.117. The van der Waals surface area contributed by atoms with Crippen LogP contribution in [0.4, 0.5) is 5.69 Å². The molecule has 0 bridgehead atoms. The van der Waals surface area contributed by atoms with Crippen LogP contribution in [0, 0.1) is 19.8 Å². The molecule has 0 spiro atoms. The van der Waals surface area contributed by atoms with Gasteiger partial charge in [0, 0.05) is 11.6 Å². The Balaban J connectivity index is 1.77. The van der Waals surface area contributed by atoms with Crippen molar-refractivity contribution in [2.24, 2.45) is 5.92 Å². The molecule has 0 saturated heterocycles. The highest BCUT2D eigenvalue weighted by Crippen LogP contribution is 2.31. The summed E-state index contributed by atoms with van der Waals surface area (Å²) in [6.07, 6.45) is 1.95. The molecule has 1 aliphatic rings. The van der Waals surface area contributed by atoms with Gasteiger partial charge in [-0.2, -0.15) is 0 Å². The fourth-order valence-electron chi connectivity index (χ4n) is 3.06. The van der Waals surface area contributed by atoms with E-state index in [1.807, 2.05) is 50.2 Å². The zero-order valence-corrected chi connectivity index (χ0v) is 14.2. The first-order valence-corrected chi connectivity index (χ1v) is 8.45. The summed E-state index contributed by atoms with van der Waals surface area (Å²) in [5.41, 5.74) is 3.08. The lowest BCUT2D eigenvalue weighted by Crippen LogP contribution is -2.22. The van der Waals surface area contributed by atoms with Crippen molar-refractivity contribution in [1.29, 1.82) is 0 Å². The van der Waals surface area contributed by atoms with E-state index in [9.17, 15) is 9.59 Å². The van der Waals surface area contributed by atoms with Crippen LogP contribution in [-0.2, 0) is 4.79 Å². The largest absolute Gasteiger partial charge is 0.326 e. The molecule has 1 aliphatic carbocycles. The van der Waals surface area contributed by atoms with E-state index in [4.69, 9.17) is 0 Å². The summed E-state index contributed by atoms with van der Waals surface area (Å²) in [5, 5.41) is 3.56. The Morgan fingerprint density at radius 3 is 2.64 bits per heavy atom. The highest BCUT2D eigenvalue weighted by molar-refractivity contribution is 5.94. The first-order chi connectivity index (χ1) is 12.0. The number of rotatable bonds is 3. The monoisotopic (exact) mass is 333 g/mol. The minimum Gasteiger partial charge on any atom is -0.326 e. The molecule has 1 heterocycles. The fourth-order valence-corrected chi connectivity index (χ4v) is 3.06. The number of carbonyl (C=O) groups excluding carboxylic acids is 1. The third-order valence-electron chi connectivity index (χ3n) is 4.62. The van der Waals surface area contributed by atoms with E-state index in [2.05, 4.69) is 10.3 Å². The maximum Gasteiger partial charge on any atom is 0.265 e. The van der Waals surface area contributed by atoms with E-state index in [1.165, 1.54) is 0 Å². The van der Waals surface area contributed by atoms with Gasteiger partial charge in [0.05, 0.1) is 16.6 Å². The smallest absolute Gasteiger partial charge is 0.265 e. The van der Waals surface area contributed by atoms with E-state index in [1.54, 1.807) is 10.6 Å². The summed E-state index contributed by atoms with van der Waals surface area (Å²) in [7, 11) is 0. The van der Waals surface area contributed by atoms with Gasteiger partial charge in [0.2, 0.25) is 5.91 Å². The number of hydrogen-bond acceptors (Lipinski definition) is 3. The van der Waals surface area contributed by atoms with Crippen LogP contribution in [-0.4, -0.2) is 15.5 Å². The molecule has 2 aromatic carbocycles. The van der Waals surface area contributed by atoms with Crippen molar-refractivity contribution >= 4 is 22.5 Å². The number of nitrogens with one attached hydrogen (secondary N) is 1. The van der Waals surface area contributed by atoms with Crippen LogP contribution in [0.15, 0.2) is 47.3 Å². The van der Waals surface area contributed by atoms with Gasteiger partial charge in [-0.25, -0.2) is 4.98 Å². The van der Waals surface area contributed by atoms with E-state index >= 15 is 0 Å². The number of hydrogen-bond donors (Lipinski definition) is 1. The van der Waals surface area contributed by atoms with Gasteiger partial charge in [-0.15, -0.1) is 0 Å². The summed E-state index contributed by atoms with van der Waals surface area (Å²) < 4.78 is 1.61. The van der Waals surface area contributed by atoms with Gasteiger partial charge in [0.15, 0.2) is 0 Å². The van der Waals surface area contributed by atoms with Crippen molar-refractivity contribution in [2.75, 3.05) is 5.32 Å². The Labute approximate surface area is 145 Å². The lowest BCUT2D eigenvalue weighted by atomic mass is 10.1. The SMILES string of the molecule is Cc1cc(-n2c(C)nc3ccccc3c2=O)ccc1NC(=O)C1CC1. The van der Waals surface area contributed by atoms with Gasteiger partial charge >= 0.3 is 0 Å². The normalized spacial score (nSPS) is 13.8. The predicted molar refractivity (Wildman–Crippen MR) is 98.2 cm³/mol. The summed E-state index contributed by atoms with van der Waals surface area (Å²) >= 11 is 0. The molecule has 0 radical (unpaired) electrons. The first-order valence-electron chi connectivity index (χ1n) is 8.45. The maximum atomic E-state index is 12.9. The van der Waals surface area contributed by atoms with Crippen LogP contribution >= 0.6 is 0 Å². The average molecular weight is 333 g/mol. The van der Waals surface area contributed by atoms with Gasteiger partial charge in [-0.3, -0.25) is 14.2 Å². The minimum absolute atomic E-state index is 0.0802. The summed E-state index contributed by atoms with van der Waals surface area (Å²) in [4.78, 5) is 29.4. The summed E-state index contributed by atoms with van der Waals surface area (Å²) in [5.74, 6) is 0.878. The quantitative estimate of drug-likeness (QED) is 0.799. The van der Waals surface area contributed by atoms with Crippen molar-refractivity contribution in [3.63, 3.8) is 0 Å². The van der Waals surface area contributed by atoms with Gasteiger partial charge in [-0.05, 0) is 62.6 Å². The number of amides is 1. The average Bonchev–Trinajstić information content (AvgIpc) is 3.42. The van der Waals surface area contributed by atoms with Crippen LogP contribution in [0.25, 0.3) is 16.6 Å². The molecular formula is C20H19N3O2. The Morgan fingerprint density at radius 2 is 1.92 bits per heavy atom.